The van der Waals surface area contributed by atoms with Crippen molar-refractivity contribution in [3.63, 3.8) is 0 Å². The van der Waals surface area contributed by atoms with Gasteiger partial charge in [0, 0.05) is 26.2 Å². The number of carbonyl (C=O) groups is 1. The van der Waals surface area contributed by atoms with Gasteiger partial charge in [-0.2, -0.15) is 13.2 Å². The molecule has 2 aliphatic rings. The SMILES string of the molecule is O=C(C(O)c1cccc(C(F)(F)F)c1)N1C[C@H]2CNC[C@H]2C1. The molecule has 0 bridgehead atoms. The molecule has 0 spiro atoms. The van der Waals surface area contributed by atoms with Crippen LogP contribution in [0.5, 0.6) is 0 Å². The quantitative estimate of drug-likeness (QED) is 0.868. The van der Waals surface area contributed by atoms with Crippen molar-refractivity contribution in [1.82, 2.24) is 10.2 Å². The standard InChI is InChI=1S/C15H17F3N2O2/c16-15(17,18)12-3-1-2-9(4-12)13(21)14(22)20-7-10-5-19-6-11(10)8-20/h1-4,10-11,13,19,21H,5-8H2/t10-,11+,13?. The van der Waals surface area contributed by atoms with Crippen LogP contribution in [0.25, 0.3) is 0 Å². The molecule has 0 saturated carbocycles. The zero-order valence-electron chi connectivity index (χ0n) is 11.8. The molecule has 2 fully saturated rings. The highest BCUT2D eigenvalue weighted by Crippen LogP contribution is 2.32. The van der Waals surface area contributed by atoms with E-state index in [9.17, 15) is 23.1 Å². The number of carbonyl (C=O) groups excluding carboxylic acids is 1. The summed E-state index contributed by atoms with van der Waals surface area (Å²) in [5.41, 5.74) is -0.880. The van der Waals surface area contributed by atoms with Gasteiger partial charge in [0.1, 0.15) is 0 Å². The van der Waals surface area contributed by atoms with Gasteiger partial charge in [0.05, 0.1) is 5.56 Å². The Morgan fingerprint density at radius 2 is 1.91 bits per heavy atom. The first-order valence-electron chi connectivity index (χ1n) is 7.21. The smallest absolute Gasteiger partial charge is 0.378 e. The number of aliphatic hydroxyl groups excluding tert-OH is 1. The Hall–Kier alpha value is -1.60. The molecule has 120 valence electrons. The summed E-state index contributed by atoms with van der Waals surface area (Å²) >= 11 is 0. The predicted octanol–water partition coefficient (Wildman–Crippen LogP) is 1.42. The number of fused-ring (bicyclic) bond motifs is 1. The molecule has 2 saturated heterocycles. The summed E-state index contributed by atoms with van der Waals surface area (Å²) in [6, 6.07) is 4.31. The van der Waals surface area contributed by atoms with Crippen LogP contribution in [-0.4, -0.2) is 42.1 Å². The average Bonchev–Trinajstić information content (AvgIpc) is 3.06. The lowest BCUT2D eigenvalue weighted by molar-refractivity contribution is -0.141. The number of nitrogens with zero attached hydrogens (tertiary/aromatic N) is 1. The molecule has 0 radical (unpaired) electrons. The van der Waals surface area contributed by atoms with Gasteiger partial charge in [0.15, 0.2) is 6.10 Å². The topological polar surface area (TPSA) is 52.6 Å². The van der Waals surface area contributed by atoms with Gasteiger partial charge in [0.2, 0.25) is 0 Å². The monoisotopic (exact) mass is 314 g/mol. The van der Waals surface area contributed by atoms with E-state index in [4.69, 9.17) is 0 Å². The first-order chi connectivity index (χ1) is 10.4. The van der Waals surface area contributed by atoms with Crippen molar-refractivity contribution in [2.45, 2.75) is 12.3 Å². The number of hydrogen-bond acceptors (Lipinski definition) is 3. The Kier molecular flexibility index (Phi) is 3.86. The van der Waals surface area contributed by atoms with Crippen molar-refractivity contribution in [3.8, 4) is 0 Å². The van der Waals surface area contributed by atoms with Crippen LogP contribution in [0.1, 0.15) is 17.2 Å². The Morgan fingerprint density at radius 1 is 1.27 bits per heavy atom. The van der Waals surface area contributed by atoms with Crippen molar-refractivity contribution in [2.24, 2.45) is 11.8 Å². The van der Waals surface area contributed by atoms with E-state index < -0.39 is 23.8 Å². The molecule has 2 N–H and O–H groups in total. The lowest BCUT2D eigenvalue weighted by atomic mass is 10.0. The second-order valence-electron chi connectivity index (χ2n) is 5.95. The van der Waals surface area contributed by atoms with Gasteiger partial charge in [-0.3, -0.25) is 4.79 Å². The van der Waals surface area contributed by atoms with Crippen molar-refractivity contribution >= 4 is 5.91 Å². The van der Waals surface area contributed by atoms with Crippen LogP contribution in [0.4, 0.5) is 13.2 Å². The molecular formula is C15H17F3N2O2. The highest BCUT2D eigenvalue weighted by atomic mass is 19.4. The summed E-state index contributed by atoms with van der Waals surface area (Å²) in [4.78, 5) is 13.9. The van der Waals surface area contributed by atoms with Gasteiger partial charge in [-0.05, 0) is 29.5 Å². The van der Waals surface area contributed by atoms with E-state index in [-0.39, 0.29) is 5.56 Å². The summed E-state index contributed by atoms with van der Waals surface area (Å²) in [5, 5.41) is 13.4. The average molecular weight is 314 g/mol. The summed E-state index contributed by atoms with van der Waals surface area (Å²) in [6.07, 6.45) is -6.04. The molecule has 1 aromatic carbocycles. The molecule has 1 amide bonds. The third-order valence-electron chi connectivity index (χ3n) is 4.46. The van der Waals surface area contributed by atoms with E-state index in [2.05, 4.69) is 5.32 Å². The normalized spacial score (nSPS) is 26.1. The van der Waals surface area contributed by atoms with Crippen LogP contribution in [0.15, 0.2) is 24.3 Å². The van der Waals surface area contributed by atoms with E-state index in [1.165, 1.54) is 12.1 Å². The summed E-state index contributed by atoms with van der Waals surface area (Å²) in [6.45, 7) is 2.78. The van der Waals surface area contributed by atoms with Crippen LogP contribution >= 0.6 is 0 Å². The number of amides is 1. The van der Waals surface area contributed by atoms with E-state index in [0.717, 1.165) is 25.2 Å². The Labute approximate surface area is 125 Å². The lowest BCUT2D eigenvalue weighted by Crippen LogP contribution is -2.35. The van der Waals surface area contributed by atoms with E-state index in [0.29, 0.717) is 24.9 Å². The van der Waals surface area contributed by atoms with E-state index in [1.54, 1.807) is 4.90 Å². The van der Waals surface area contributed by atoms with Crippen LogP contribution in [0.3, 0.4) is 0 Å². The van der Waals surface area contributed by atoms with Gasteiger partial charge in [-0.15, -0.1) is 0 Å². The van der Waals surface area contributed by atoms with Crippen LogP contribution in [-0.2, 0) is 11.0 Å². The summed E-state index contributed by atoms with van der Waals surface area (Å²) in [7, 11) is 0. The van der Waals surface area contributed by atoms with Crippen LogP contribution in [0, 0.1) is 11.8 Å². The first kappa shape index (κ1) is 15.3. The number of hydrogen-bond donors (Lipinski definition) is 2. The molecule has 7 heteroatoms. The van der Waals surface area contributed by atoms with Crippen LogP contribution < -0.4 is 5.32 Å². The van der Waals surface area contributed by atoms with Crippen molar-refractivity contribution < 1.29 is 23.1 Å². The first-order valence-corrected chi connectivity index (χ1v) is 7.21. The molecule has 1 aromatic rings. The number of likely N-dealkylation sites (tertiary alicyclic amines) is 1. The zero-order chi connectivity index (χ0) is 15.9. The summed E-state index contributed by atoms with van der Waals surface area (Å²) in [5.74, 6) is 0.226. The number of aliphatic hydroxyl groups is 1. The highest BCUT2D eigenvalue weighted by molar-refractivity contribution is 5.82. The maximum Gasteiger partial charge on any atom is 0.416 e. The fourth-order valence-corrected chi connectivity index (χ4v) is 3.24. The molecule has 0 aromatic heterocycles. The fraction of sp³-hybridized carbons (Fsp3) is 0.533. The molecule has 3 rings (SSSR count). The highest BCUT2D eigenvalue weighted by Gasteiger charge is 2.40. The Morgan fingerprint density at radius 3 is 2.50 bits per heavy atom. The zero-order valence-corrected chi connectivity index (χ0v) is 11.8. The number of alkyl halides is 3. The molecule has 1 unspecified atom stereocenters. The number of benzene rings is 1. The van der Waals surface area contributed by atoms with Crippen molar-refractivity contribution in [2.75, 3.05) is 26.2 Å². The fourth-order valence-electron chi connectivity index (χ4n) is 3.24. The third kappa shape index (κ3) is 2.83. The number of nitrogens with one attached hydrogen (secondary N) is 1. The van der Waals surface area contributed by atoms with E-state index in [1.807, 2.05) is 0 Å². The van der Waals surface area contributed by atoms with Gasteiger partial charge >= 0.3 is 6.18 Å². The minimum atomic E-state index is -4.49. The molecule has 2 aliphatic heterocycles. The maximum atomic E-state index is 12.7. The van der Waals surface area contributed by atoms with Gasteiger partial charge in [0.25, 0.3) is 5.91 Å². The van der Waals surface area contributed by atoms with Crippen molar-refractivity contribution in [1.29, 1.82) is 0 Å². The van der Waals surface area contributed by atoms with Crippen LogP contribution in [0.2, 0.25) is 0 Å². The molecule has 22 heavy (non-hydrogen) atoms. The van der Waals surface area contributed by atoms with Crippen molar-refractivity contribution in [3.05, 3.63) is 35.4 Å². The minimum absolute atomic E-state index is 0.0185. The van der Waals surface area contributed by atoms with Gasteiger partial charge in [-0.25, -0.2) is 0 Å². The third-order valence-corrected chi connectivity index (χ3v) is 4.46. The number of halogens is 3. The molecule has 4 nitrogen and oxygen atoms in total. The minimum Gasteiger partial charge on any atom is -0.378 e. The van der Waals surface area contributed by atoms with Gasteiger partial charge in [-0.1, -0.05) is 12.1 Å². The Balaban J connectivity index is 1.73. The molecular weight excluding hydrogens is 297 g/mol. The van der Waals surface area contributed by atoms with Gasteiger partial charge < -0.3 is 15.3 Å². The molecule has 2 heterocycles. The number of rotatable bonds is 2. The summed E-state index contributed by atoms with van der Waals surface area (Å²) < 4.78 is 38.1. The predicted molar refractivity (Wildman–Crippen MR) is 72.8 cm³/mol. The second-order valence-corrected chi connectivity index (χ2v) is 5.95. The lowest BCUT2D eigenvalue weighted by Gasteiger charge is -2.21. The largest absolute Gasteiger partial charge is 0.416 e. The molecule has 3 atom stereocenters. The Bertz CT molecular complexity index is 564. The second kappa shape index (κ2) is 5.55. The molecule has 0 aliphatic carbocycles. The van der Waals surface area contributed by atoms with E-state index >= 15 is 0 Å². The maximum absolute atomic E-state index is 12.7.